The molecule has 0 aliphatic carbocycles. The third-order valence-electron chi connectivity index (χ3n) is 4.16. The van der Waals surface area contributed by atoms with E-state index >= 15 is 0 Å². The normalized spacial score (nSPS) is 12.1. The van der Waals surface area contributed by atoms with Crippen LogP contribution >= 0.6 is 23.2 Å². The van der Waals surface area contributed by atoms with E-state index < -0.39 is 0 Å². The number of nitrogens with one attached hydrogen (secondary N) is 2. The molecule has 0 unspecified atom stereocenters. The van der Waals surface area contributed by atoms with Gasteiger partial charge in [-0.1, -0.05) is 43.1 Å². The Labute approximate surface area is 174 Å². The molecular formula is C20H21Cl2N5O. The van der Waals surface area contributed by atoms with Gasteiger partial charge in [0.2, 0.25) is 5.95 Å². The van der Waals surface area contributed by atoms with Crippen molar-refractivity contribution < 1.29 is 5.11 Å². The number of anilines is 3. The lowest BCUT2D eigenvalue weighted by atomic mass is 10.1. The van der Waals surface area contributed by atoms with Crippen LogP contribution in [0.5, 0.6) is 0 Å². The van der Waals surface area contributed by atoms with Gasteiger partial charge < -0.3 is 15.7 Å². The Balaban J connectivity index is 1.99. The lowest BCUT2D eigenvalue weighted by Crippen LogP contribution is -2.30. The Bertz CT molecular complexity index is 937. The fourth-order valence-electron chi connectivity index (χ4n) is 2.54. The van der Waals surface area contributed by atoms with Crippen LogP contribution in [0.4, 0.5) is 17.5 Å². The Morgan fingerprint density at radius 2 is 1.86 bits per heavy atom. The molecular weight excluding hydrogens is 397 g/mol. The van der Waals surface area contributed by atoms with Crippen molar-refractivity contribution in [3.8, 4) is 11.4 Å². The summed E-state index contributed by atoms with van der Waals surface area (Å²) in [6, 6.07) is 12.4. The van der Waals surface area contributed by atoms with Crippen LogP contribution in [0, 0.1) is 5.92 Å². The zero-order chi connectivity index (χ0) is 20.1. The number of aromatic nitrogens is 3. The molecule has 1 aromatic carbocycles. The number of aliphatic hydroxyl groups is 1. The molecule has 3 aromatic rings. The Morgan fingerprint density at radius 1 is 1.04 bits per heavy atom. The highest BCUT2D eigenvalue weighted by atomic mass is 35.5. The Morgan fingerprint density at radius 3 is 2.50 bits per heavy atom. The van der Waals surface area contributed by atoms with Crippen LogP contribution in [0.3, 0.4) is 0 Å². The van der Waals surface area contributed by atoms with Crippen LogP contribution in [-0.2, 0) is 0 Å². The predicted molar refractivity (Wildman–Crippen MR) is 114 cm³/mol. The molecule has 0 spiro atoms. The van der Waals surface area contributed by atoms with Crippen LogP contribution in [0.25, 0.3) is 11.4 Å². The smallest absolute Gasteiger partial charge is 0.225 e. The Kier molecular flexibility index (Phi) is 6.67. The minimum Gasteiger partial charge on any atom is -0.394 e. The van der Waals surface area contributed by atoms with E-state index in [4.69, 9.17) is 23.2 Å². The number of nitrogens with zero attached hydrogens (tertiary/aromatic N) is 3. The van der Waals surface area contributed by atoms with Crippen molar-refractivity contribution in [2.75, 3.05) is 17.2 Å². The summed E-state index contributed by atoms with van der Waals surface area (Å²) >= 11 is 12.2. The lowest BCUT2D eigenvalue weighted by Gasteiger charge is -2.20. The first kappa shape index (κ1) is 20.3. The SMILES string of the molecule is CC(C)[C@@H](CO)Nc1nc(Nc2ccc(Cl)cc2Cl)cc(-c2ccccn2)n1. The standard InChI is InChI=1S/C20H21Cl2N5O/c1-12(2)18(11-28)26-20-25-17(16-5-3-4-8-23-16)10-19(27-20)24-15-7-6-13(21)9-14(15)22/h3-10,12,18,28H,11H2,1-2H3,(H2,24,25,26,27)/t18-/m1/s1. The average Bonchev–Trinajstić information content (AvgIpc) is 2.68. The number of hydrogen-bond acceptors (Lipinski definition) is 6. The van der Waals surface area contributed by atoms with Crippen LogP contribution in [0.1, 0.15) is 13.8 Å². The van der Waals surface area contributed by atoms with Crippen molar-refractivity contribution in [1.29, 1.82) is 0 Å². The largest absolute Gasteiger partial charge is 0.394 e. The molecule has 6 nitrogen and oxygen atoms in total. The van der Waals surface area contributed by atoms with Gasteiger partial charge in [0, 0.05) is 17.3 Å². The molecule has 0 saturated carbocycles. The van der Waals surface area contributed by atoms with Gasteiger partial charge in [-0.25, -0.2) is 4.98 Å². The Hall–Kier alpha value is -2.41. The molecule has 3 N–H and O–H groups in total. The van der Waals surface area contributed by atoms with Gasteiger partial charge in [-0.2, -0.15) is 4.98 Å². The highest BCUT2D eigenvalue weighted by Crippen LogP contribution is 2.29. The first-order valence-electron chi connectivity index (χ1n) is 8.86. The summed E-state index contributed by atoms with van der Waals surface area (Å²) in [6.45, 7) is 4.01. The minimum absolute atomic E-state index is 0.0272. The van der Waals surface area contributed by atoms with Crippen molar-refractivity contribution >= 4 is 40.7 Å². The van der Waals surface area contributed by atoms with Crippen molar-refractivity contribution in [3.63, 3.8) is 0 Å². The van der Waals surface area contributed by atoms with Gasteiger partial charge in [0.1, 0.15) is 5.82 Å². The number of rotatable bonds is 7. The van der Waals surface area contributed by atoms with Crippen LogP contribution in [0.2, 0.25) is 10.0 Å². The summed E-state index contributed by atoms with van der Waals surface area (Å²) in [6.07, 6.45) is 1.71. The molecule has 0 aliphatic heterocycles. The number of halogens is 2. The second-order valence-corrected chi connectivity index (χ2v) is 7.45. The van der Waals surface area contributed by atoms with E-state index in [0.29, 0.717) is 38.9 Å². The van der Waals surface area contributed by atoms with Crippen LogP contribution in [-0.4, -0.2) is 32.7 Å². The summed E-state index contributed by atoms with van der Waals surface area (Å²) in [5.41, 5.74) is 2.03. The highest BCUT2D eigenvalue weighted by Gasteiger charge is 2.15. The molecule has 1 atom stereocenters. The maximum atomic E-state index is 9.64. The second-order valence-electron chi connectivity index (χ2n) is 6.60. The quantitative estimate of drug-likeness (QED) is 0.500. The fourth-order valence-corrected chi connectivity index (χ4v) is 2.99. The van der Waals surface area contributed by atoms with Gasteiger partial charge >= 0.3 is 0 Å². The van der Waals surface area contributed by atoms with Gasteiger partial charge in [-0.15, -0.1) is 0 Å². The first-order chi connectivity index (χ1) is 13.5. The van der Waals surface area contributed by atoms with Crippen LogP contribution < -0.4 is 10.6 Å². The average molecular weight is 418 g/mol. The monoisotopic (exact) mass is 417 g/mol. The summed E-state index contributed by atoms with van der Waals surface area (Å²) in [4.78, 5) is 13.4. The third-order valence-corrected chi connectivity index (χ3v) is 4.71. The molecule has 146 valence electrons. The minimum atomic E-state index is -0.175. The molecule has 28 heavy (non-hydrogen) atoms. The van der Waals surface area contributed by atoms with Crippen molar-refractivity contribution in [2.24, 2.45) is 5.92 Å². The zero-order valence-electron chi connectivity index (χ0n) is 15.5. The number of aliphatic hydroxyl groups excluding tert-OH is 1. The second kappa shape index (κ2) is 9.19. The first-order valence-corrected chi connectivity index (χ1v) is 9.62. The molecule has 8 heteroatoms. The molecule has 0 radical (unpaired) electrons. The maximum absolute atomic E-state index is 9.64. The maximum Gasteiger partial charge on any atom is 0.225 e. The van der Waals surface area contributed by atoms with Crippen molar-refractivity contribution in [3.05, 3.63) is 58.7 Å². The highest BCUT2D eigenvalue weighted by molar-refractivity contribution is 6.36. The molecule has 2 heterocycles. The van der Waals surface area contributed by atoms with E-state index in [1.807, 2.05) is 32.0 Å². The van der Waals surface area contributed by atoms with Crippen molar-refractivity contribution in [1.82, 2.24) is 15.0 Å². The van der Waals surface area contributed by atoms with Gasteiger partial charge in [0.15, 0.2) is 0 Å². The van der Waals surface area contributed by atoms with Gasteiger partial charge in [0.25, 0.3) is 0 Å². The summed E-state index contributed by atoms with van der Waals surface area (Å²) < 4.78 is 0. The van der Waals surface area contributed by atoms with E-state index in [0.717, 1.165) is 0 Å². The van der Waals surface area contributed by atoms with E-state index in [1.165, 1.54) is 0 Å². The van der Waals surface area contributed by atoms with E-state index in [2.05, 4.69) is 25.6 Å². The molecule has 0 fully saturated rings. The molecule has 0 bridgehead atoms. The van der Waals surface area contributed by atoms with Crippen LogP contribution in [0.15, 0.2) is 48.7 Å². The van der Waals surface area contributed by atoms with Gasteiger partial charge in [0.05, 0.1) is 34.7 Å². The van der Waals surface area contributed by atoms with Gasteiger partial charge in [-0.05, 0) is 36.2 Å². The molecule has 0 aliphatic rings. The summed E-state index contributed by atoms with van der Waals surface area (Å²) in [5.74, 6) is 1.14. The third kappa shape index (κ3) is 5.10. The topological polar surface area (TPSA) is 83.0 Å². The van der Waals surface area contributed by atoms with Crippen molar-refractivity contribution in [2.45, 2.75) is 19.9 Å². The molecule has 2 aromatic heterocycles. The van der Waals surface area contributed by atoms with Gasteiger partial charge in [-0.3, -0.25) is 4.98 Å². The fraction of sp³-hybridized carbons (Fsp3) is 0.250. The zero-order valence-corrected chi connectivity index (χ0v) is 17.0. The molecule has 0 saturated heterocycles. The number of benzene rings is 1. The summed E-state index contributed by atoms with van der Waals surface area (Å²) in [5, 5.41) is 17.1. The summed E-state index contributed by atoms with van der Waals surface area (Å²) in [7, 11) is 0. The predicted octanol–water partition coefficient (Wildman–Crippen LogP) is 5.02. The van der Waals surface area contributed by atoms with E-state index in [-0.39, 0.29) is 18.6 Å². The number of pyridine rings is 1. The molecule has 3 rings (SSSR count). The molecule has 0 amide bonds. The van der Waals surface area contributed by atoms with E-state index in [1.54, 1.807) is 30.5 Å². The number of hydrogen-bond donors (Lipinski definition) is 3. The lowest BCUT2D eigenvalue weighted by molar-refractivity contribution is 0.248. The van der Waals surface area contributed by atoms with E-state index in [9.17, 15) is 5.11 Å².